The summed E-state index contributed by atoms with van der Waals surface area (Å²) in [6.07, 6.45) is 2.09. The Balaban J connectivity index is 2.83. The lowest BCUT2D eigenvalue weighted by molar-refractivity contribution is 0.382. The minimum absolute atomic E-state index is 0.721. The third-order valence-corrected chi connectivity index (χ3v) is 3.75. The first-order valence-electron chi connectivity index (χ1n) is 7.35. The van der Waals surface area contributed by atoms with Gasteiger partial charge < -0.3 is 19.7 Å². The second-order valence-electron chi connectivity index (χ2n) is 4.76. The summed E-state index contributed by atoms with van der Waals surface area (Å²) in [5.41, 5.74) is 1.10. The number of thioether (sulfide) groups is 1. The van der Waals surface area contributed by atoms with Gasteiger partial charge in [-0.15, -0.1) is 0 Å². The zero-order chi connectivity index (χ0) is 16.4. The molecule has 1 rings (SSSR count). The lowest BCUT2D eigenvalue weighted by Crippen LogP contribution is -2.38. The van der Waals surface area contributed by atoms with E-state index in [9.17, 15) is 0 Å². The van der Waals surface area contributed by atoms with Crippen LogP contribution >= 0.6 is 11.8 Å². The van der Waals surface area contributed by atoms with E-state index in [1.54, 1.807) is 26.0 Å². The summed E-state index contributed by atoms with van der Waals surface area (Å²) in [4.78, 5) is 6.74. The number of methoxy groups -OCH3 is 2. The molecule has 1 aromatic rings. The molecule has 0 aliphatic rings. The molecule has 0 atom stereocenters. The molecule has 0 radical (unpaired) electrons. The van der Waals surface area contributed by atoms with Gasteiger partial charge in [0.15, 0.2) is 5.96 Å². The van der Waals surface area contributed by atoms with Gasteiger partial charge in [-0.1, -0.05) is 0 Å². The molecule has 22 heavy (non-hydrogen) atoms. The van der Waals surface area contributed by atoms with Crippen molar-refractivity contribution in [3.63, 3.8) is 0 Å². The van der Waals surface area contributed by atoms with Crippen molar-refractivity contribution in [3.05, 3.63) is 23.8 Å². The standard InChI is InChI=1S/C16H27N3O2S/c1-6-17-16(18-9-10-22-5)19(2)12-13-7-8-14(20-3)11-15(13)21-4/h7-8,11H,6,9-10,12H2,1-5H3,(H,17,18). The summed E-state index contributed by atoms with van der Waals surface area (Å²) in [5.74, 6) is 3.55. The van der Waals surface area contributed by atoms with Gasteiger partial charge >= 0.3 is 0 Å². The van der Waals surface area contributed by atoms with Crippen molar-refractivity contribution >= 4 is 17.7 Å². The molecule has 0 saturated carbocycles. The minimum Gasteiger partial charge on any atom is -0.497 e. The van der Waals surface area contributed by atoms with Gasteiger partial charge in [0.1, 0.15) is 11.5 Å². The molecule has 0 unspecified atom stereocenters. The van der Waals surface area contributed by atoms with Gasteiger partial charge in [0, 0.05) is 37.5 Å². The monoisotopic (exact) mass is 325 g/mol. The van der Waals surface area contributed by atoms with E-state index in [1.807, 2.05) is 25.2 Å². The van der Waals surface area contributed by atoms with E-state index < -0.39 is 0 Å². The van der Waals surface area contributed by atoms with Crippen molar-refractivity contribution in [1.82, 2.24) is 10.2 Å². The van der Waals surface area contributed by atoms with E-state index in [-0.39, 0.29) is 0 Å². The maximum Gasteiger partial charge on any atom is 0.193 e. The Morgan fingerprint density at radius 2 is 2.09 bits per heavy atom. The van der Waals surface area contributed by atoms with Gasteiger partial charge in [-0.2, -0.15) is 11.8 Å². The van der Waals surface area contributed by atoms with E-state index in [2.05, 4.69) is 28.4 Å². The maximum atomic E-state index is 5.46. The first kappa shape index (κ1) is 18.5. The zero-order valence-electron chi connectivity index (χ0n) is 14.2. The largest absolute Gasteiger partial charge is 0.497 e. The molecular weight excluding hydrogens is 298 g/mol. The van der Waals surface area contributed by atoms with E-state index in [0.717, 1.165) is 48.4 Å². The fourth-order valence-corrected chi connectivity index (χ4v) is 2.30. The van der Waals surface area contributed by atoms with Gasteiger partial charge in [-0.3, -0.25) is 4.99 Å². The third kappa shape index (κ3) is 5.67. The lowest BCUT2D eigenvalue weighted by Gasteiger charge is -2.23. The number of benzene rings is 1. The predicted octanol–water partition coefficient (Wildman–Crippen LogP) is 2.46. The first-order valence-corrected chi connectivity index (χ1v) is 8.74. The minimum atomic E-state index is 0.721. The Hall–Kier alpha value is -1.56. The molecule has 0 aliphatic carbocycles. The number of ether oxygens (including phenoxy) is 2. The van der Waals surface area contributed by atoms with Crippen molar-refractivity contribution in [2.45, 2.75) is 13.5 Å². The Morgan fingerprint density at radius 3 is 2.68 bits per heavy atom. The number of rotatable bonds is 8. The van der Waals surface area contributed by atoms with E-state index in [0.29, 0.717) is 0 Å². The Morgan fingerprint density at radius 1 is 1.32 bits per heavy atom. The van der Waals surface area contributed by atoms with Crippen molar-refractivity contribution in [2.24, 2.45) is 4.99 Å². The van der Waals surface area contributed by atoms with Crippen LogP contribution in [0, 0.1) is 0 Å². The lowest BCUT2D eigenvalue weighted by atomic mass is 10.2. The van der Waals surface area contributed by atoms with E-state index >= 15 is 0 Å². The maximum absolute atomic E-state index is 5.46. The van der Waals surface area contributed by atoms with Crippen LogP contribution in [0.1, 0.15) is 12.5 Å². The van der Waals surface area contributed by atoms with Crippen LogP contribution in [-0.2, 0) is 6.54 Å². The van der Waals surface area contributed by atoms with Crippen LogP contribution in [0.25, 0.3) is 0 Å². The van der Waals surface area contributed by atoms with Gasteiger partial charge in [0.25, 0.3) is 0 Å². The second kappa shape index (κ2) is 10.2. The van der Waals surface area contributed by atoms with Crippen LogP contribution in [0.4, 0.5) is 0 Å². The normalized spacial score (nSPS) is 11.2. The number of guanidine groups is 1. The summed E-state index contributed by atoms with van der Waals surface area (Å²) >= 11 is 1.80. The molecule has 0 aliphatic heterocycles. The van der Waals surface area contributed by atoms with Crippen LogP contribution in [-0.4, -0.2) is 57.2 Å². The Bertz CT molecular complexity index is 480. The molecule has 0 saturated heterocycles. The quantitative estimate of drug-likeness (QED) is 0.452. The number of hydrogen-bond donors (Lipinski definition) is 1. The number of nitrogens with zero attached hydrogens (tertiary/aromatic N) is 2. The average molecular weight is 325 g/mol. The fraction of sp³-hybridized carbons (Fsp3) is 0.562. The molecule has 0 amide bonds. The topological polar surface area (TPSA) is 46.1 Å². The van der Waals surface area contributed by atoms with Crippen molar-refractivity contribution < 1.29 is 9.47 Å². The highest BCUT2D eigenvalue weighted by molar-refractivity contribution is 7.98. The summed E-state index contributed by atoms with van der Waals surface area (Å²) in [5, 5.41) is 3.32. The molecule has 5 nitrogen and oxygen atoms in total. The van der Waals surface area contributed by atoms with Crippen LogP contribution in [0.15, 0.2) is 23.2 Å². The second-order valence-corrected chi connectivity index (χ2v) is 5.75. The molecule has 0 heterocycles. The summed E-state index contributed by atoms with van der Waals surface area (Å²) in [7, 11) is 5.36. The molecule has 1 N–H and O–H groups in total. The molecule has 6 heteroatoms. The fourth-order valence-electron chi connectivity index (χ4n) is 2.03. The predicted molar refractivity (Wildman–Crippen MR) is 95.4 cm³/mol. The Kier molecular flexibility index (Phi) is 8.58. The molecule has 124 valence electrons. The molecule has 1 aromatic carbocycles. The van der Waals surface area contributed by atoms with Crippen molar-refractivity contribution in [2.75, 3.05) is 46.4 Å². The van der Waals surface area contributed by atoms with E-state index in [4.69, 9.17) is 9.47 Å². The number of hydrogen-bond acceptors (Lipinski definition) is 4. The molecular formula is C16H27N3O2S. The summed E-state index contributed by atoms with van der Waals surface area (Å²) in [6.45, 7) is 4.46. The highest BCUT2D eigenvalue weighted by Gasteiger charge is 2.11. The smallest absolute Gasteiger partial charge is 0.193 e. The van der Waals surface area contributed by atoms with Gasteiger partial charge in [0.2, 0.25) is 0 Å². The van der Waals surface area contributed by atoms with Crippen LogP contribution < -0.4 is 14.8 Å². The van der Waals surface area contributed by atoms with Gasteiger partial charge in [-0.05, 0) is 25.3 Å². The highest BCUT2D eigenvalue weighted by Crippen LogP contribution is 2.25. The number of nitrogens with one attached hydrogen (secondary N) is 1. The van der Waals surface area contributed by atoms with E-state index in [1.165, 1.54) is 0 Å². The van der Waals surface area contributed by atoms with Crippen LogP contribution in [0.5, 0.6) is 11.5 Å². The van der Waals surface area contributed by atoms with Crippen molar-refractivity contribution in [3.8, 4) is 11.5 Å². The highest BCUT2D eigenvalue weighted by atomic mass is 32.2. The van der Waals surface area contributed by atoms with Gasteiger partial charge in [0.05, 0.1) is 20.8 Å². The first-order chi connectivity index (χ1) is 10.7. The summed E-state index contributed by atoms with van der Waals surface area (Å²) in [6, 6.07) is 5.88. The Labute approximate surface area is 138 Å². The van der Waals surface area contributed by atoms with Gasteiger partial charge in [-0.25, -0.2) is 0 Å². The average Bonchev–Trinajstić information content (AvgIpc) is 2.54. The zero-order valence-corrected chi connectivity index (χ0v) is 15.0. The molecule has 0 bridgehead atoms. The summed E-state index contributed by atoms with van der Waals surface area (Å²) < 4.78 is 10.7. The van der Waals surface area contributed by atoms with Crippen LogP contribution in [0.2, 0.25) is 0 Å². The SMILES string of the molecule is CCNC(=NCCSC)N(C)Cc1ccc(OC)cc1OC. The van der Waals surface area contributed by atoms with Crippen LogP contribution in [0.3, 0.4) is 0 Å². The molecule has 0 fully saturated rings. The van der Waals surface area contributed by atoms with Crippen molar-refractivity contribution in [1.29, 1.82) is 0 Å². The number of aliphatic imine (C=N–C) groups is 1. The molecule has 0 spiro atoms. The molecule has 0 aromatic heterocycles. The third-order valence-electron chi connectivity index (χ3n) is 3.16.